The minimum absolute atomic E-state index is 0.139. The van der Waals surface area contributed by atoms with Crippen molar-refractivity contribution in [3.8, 4) is 0 Å². The molecule has 0 bridgehead atoms. The summed E-state index contributed by atoms with van der Waals surface area (Å²) in [6.45, 7) is 12.0. The van der Waals surface area contributed by atoms with E-state index in [0.717, 1.165) is 19.5 Å². The molecule has 1 heterocycles. The van der Waals surface area contributed by atoms with Crippen molar-refractivity contribution < 1.29 is 9.53 Å². The third kappa shape index (κ3) is 5.54. The van der Waals surface area contributed by atoms with E-state index in [1.165, 1.54) is 5.56 Å². The molecule has 0 spiro atoms. The van der Waals surface area contributed by atoms with Gasteiger partial charge in [-0.25, -0.2) is 4.79 Å². The molecule has 4 heteroatoms. The number of nitrogens with zero attached hydrogens (tertiary/aromatic N) is 1. The van der Waals surface area contributed by atoms with Crippen LogP contribution in [0.3, 0.4) is 0 Å². The maximum absolute atomic E-state index is 12.0. The minimum atomic E-state index is -0.457. The van der Waals surface area contributed by atoms with Gasteiger partial charge in [0, 0.05) is 25.2 Å². The Morgan fingerprint density at radius 2 is 1.91 bits per heavy atom. The summed E-state index contributed by atoms with van der Waals surface area (Å²) in [6.07, 6.45) is 0.676. The molecule has 1 N–H and O–H groups in total. The van der Waals surface area contributed by atoms with Crippen molar-refractivity contribution in [2.75, 3.05) is 6.54 Å². The van der Waals surface area contributed by atoms with Crippen molar-refractivity contribution in [3.05, 3.63) is 35.9 Å². The fourth-order valence-corrected chi connectivity index (χ4v) is 3.13. The molecule has 0 saturated carbocycles. The monoisotopic (exact) mass is 318 g/mol. The first-order valence-electron chi connectivity index (χ1n) is 8.52. The van der Waals surface area contributed by atoms with E-state index >= 15 is 0 Å². The summed E-state index contributed by atoms with van der Waals surface area (Å²) in [4.78, 5) is 14.5. The minimum Gasteiger partial charge on any atom is -0.444 e. The standard InChI is InChI=1S/C19H30N2O2/c1-14-11-17(20-18(22)23-19(3,4)5)13-21(15(14)2)12-16-9-7-6-8-10-16/h6-10,14-15,17H,11-13H2,1-5H3,(H,20,22)/t14-,15+,17-/m1/s1. The highest BCUT2D eigenvalue weighted by atomic mass is 16.6. The Morgan fingerprint density at radius 1 is 1.26 bits per heavy atom. The van der Waals surface area contributed by atoms with Crippen LogP contribution in [0.15, 0.2) is 30.3 Å². The van der Waals surface area contributed by atoms with E-state index < -0.39 is 5.60 Å². The number of carbonyl (C=O) groups is 1. The van der Waals surface area contributed by atoms with Crippen LogP contribution in [0.1, 0.15) is 46.6 Å². The Hall–Kier alpha value is -1.55. The van der Waals surface area contributed by atoms with E-state index in [-0.39, 0.29) is 12.1 Å². The second-order valence-corrected chi connectivity index (χ2v) is 7.71. The molecular formula is C19H30N2O2. The fourth-order valence-electron chi connectivity index (χ4n) is 3.13. The Bertz CT molecular complexity index is 510. The van der Waals surface area contributed by atoms with E-state index in [1.807, 2.05) is 26.8 Å². The lowest BCUT2D eigenvalue weighted by Gasteiger charge is -2.42. The molecule has 3 atom stereocenters. The number of rotatable bonds is 3. The van der Waals surface area contributed by atoms with Crippen LogP contribution in [0.4, 0.5) is 4.79 Å². The zero-order valence-electron chi connectivity index (χ0n) is 15.0. The van der Waals surface area contributed by atoms with E-state index in [0.29, 0.717) is 12.0 Å². The SMILES string of the molecule is C[C@@H]1C[C@@H](NC(=O)OC(C)(C)C)CN(Cc2ccccc2)[C@H]1C. The lowest BCUT2D eigenvalue weighted by molar-refractivity contribution is 0.0383. The molecule has 1 aromatic carbocycles. The number of hydrogen-bond donors (Lipinski definition) is 1. The normalized spacial score (nSPS) is 25.9. The molecule has 1 amide bonds. The van der Waals surface area contributed by atoms with Gasteiger partial charge in [-0.3, -0.25) is 4.90 Å². The van der Waals surface area contributed by atoms with E-state index in [1.54, 1.807) is 0 Å². The third-order valence-electron chi connectivity index (χ3n) is 4.46. The Kier molecular flexibility index (Phi) is 5.69. The summed E-state index contributed by atoms with van der Waals surface area (Å²) in [5, 5.41) is 3.04. The van der Waals surface area contributed by atoms with Crippen LogP contribution in [-0.4, -0.2) is 35.2 Å². The highest BCUT2D eigenvalue weighted by Crippen LogP contribution is 2.25. The average Bonchev–Trinajstić information content (AvgIpc) is 2.43. The zero-order chi connectivity index (χ0) is 17.0. The number of benzene rings is 1. The molecule has 0 radical (unpaired) electrons. The summed E-state index contributed by atoms with van der Waals surface area (Å²) in [7, 11) is 0. The first kappa shape index (κ1) is 17.8. The quantitative estimate of drug-likeness (QED) is 0.921. The summed E-state index contributed by atoms with van der Waals surface area (Å²) >= 11 is 0. The molecule has 1 aromatic rings. The van der Waals surface area contributed by atoms with Crippen molar-refractivity contribution >= 4 is 6.09 Å². The number of ether oxygens (including phenoxy) is 1. The first-order chi connectivity index (χ1) is 10.7. The number of alkyl carbamates (subject to hydrolysis) is 1. The number of piperidine rings is 1. The molecule has 1 fully saturated rings. The van der Waals surface area contributed by atoms with Gasteiger partial charge < -0.3 is 10.1 Å². The third-order valence-corrected chi connectivity index (χ3v) is 4.46. The van der Waals surface area contributed by atoms with E-state index in [9.17, 15) is 4.79 Å². The summed E-state index contributed by atoms with van der Waals surface area (Å²) in [5.74, 6) is 0.535. The Labute approximate surface area is 140 Å². The van der Waals surface area contributed by atoms with Crippen LogP contribution < -0.4 is 5.32 Å². The van der Waals surface area contributed by atoms with Gasteiger partial charge in [0.1, 0.15) is 5.60 Å². The summed E-state index contributed by atoms with van der Waals surface area (Å²) in [5.41, 5.74) is 0.853. The molecule has 0 aliphatic carbocycles. The largest absolute Gasteiger partial charge is 0.444 e. The lowest BCUT2D eigenvalue weighted by Crippen LogP contribution is -2.54. The van der Waals surface area contributed by atoms with Crippen molar-refractivity contribution in [2.24, 2.45) is 5.92 Å². The van der Waals surface area contributed by atoms with Gasteiger partial charge >= 0.3 is 6.09 Å². The van der Waals surface area contributed by atoms with Gasteiger partial charge in [0.2, 0.25) is 0 Å². The van der Waals surface area contributed by atoms with Gasteiger partial charge in [0.15, 0.2) is 0 Å². The molecule has 1 aliphatic rings. The van der Waals surface area contributed by atoms with Crippen LogP contribution in [0.25, 0.3) is 0 Å². The molecule has 4 nitrogen and oxygen atoms in total. The molecular weight excluding hydrogens is 288 g/mol. The van der Waals surface area contributed by atoms with Crippen molar-refractivity contribution in [1.29, 1.82) is 0 Å². The predicted molar refractivity (Wildman–Crippen MR) is 93.3 cm³/mol. The predicted octanol–water partition coefficient (Wildman–Crippen LogP) is 3.81. The van der Waals surface area contributed by atoms with Gasteiger partial charge in [0.25, 0.3) is 0 Å². The topological polar surface area (TPSA) is 41.6 Å². The molecule has 1 saturated heterocycles. The zero-order valence-corrected chi connectivity index (χ0v) is 15.0. The number of amides is 1. The Balaban J connectivity index is 1.96. The number of hydrogen-bond acceptors (Lipinski definition) is 3. The van der Waals surface area contributed by atoms with Crippen molar-refractivity contribution in [3.63, 3.8) is 0 Å². The summed E-state index contributed by atoms with van der Waals surface area (Å²) < 4.78 is 5.39. The van der Waals surface area contributed by atoms with Gasteiger partial charge in [-0.05, 0) is 45.6 Å². The molecule has 23 heavy (non-hydrogen) atoms. The average molecular weight is 318 g/mol. The molecule has 2 rings (SSSR count). The number of likely N-dealkylation sites (tertiary alicyclic amines) is 1. The lowest BCUT2D eigenvalue weighted by atomic mass is 9.88. The maximum atomic E-state index is 12.0. The van der Waals surface area contributed by atoms with E-state index in [4.69, 9.17) is 4.74 Å². The van der Waals surface area contributed by atoms with Crippen LogP contribution in [0, 0.1) is 5.92 Å². The van der Waals surface area contributed by atoms with Gasteiger partial charge in [-0.15, -0.1) is 0 Å². The highest BCUT2D eigenvalue weighted by Gasteiger charge is 2.32. The molecule has 0 aromatic heterocycles. The van der Waals surface area contributed by atoms with E-state index in [2.05, 4.69) is 48.3 Å². The van der Waals surface area contributed by atoms with Crippen molar-refractivity contribution in [1.82, 2.24) is 10.2 Å². The van der Waals surface area contributed by atoms with Gasteiger partial charge in [-0.1, -0.05) is 37.3 Å². The van der Waals surface area contributed by atoms with Crippen LogP contribution in [-0.2, 0) is 11.3 Å². The van der Waals surface area contributed by atoms with Crippen LogP contribution >= 0.6 is 0 Å². The second kappa shape index (κ2) is 7.35. The molecule has 128 valence electrons. The van der Waals surface area contributed by atoms with Gasteiger partial charge in [-0.2, -0.15) is 0 Å². The molecule has 0 unspecified atom stereocenters. The van der Waals surface area contributed by atoms with Crippen molar-refractivity contribution in [2.45, 2.75) is 65.3 Å². The fraction of sp³-hybridized carbons (Fsp3) is 0.632. The van der Waals surface area contributed by atoms with Crippen LogP contribution in [0.5, 0.6) is 0 Å². The smallest absolute Gasteiger partial charge is 0.407 e. The summed E-state index contributed by atoms with van der Waals surface area (Å²) in [6, 6.07) is 11.1. The number of carbonyl (C=O) groups excluding carboxylic acids is 1. The van der Waals surface area contributed by atoms with Gasteiger partial charge in [0.05, 0.1) is 0 Å². The molecule has 1 aliphatic heterocycles. The Morgan fingerprint density at radius 3 is 2.52 bits per heavy atom. The highest BCUT2D eigenvalue weighted by molar-refractivity contribution is 5.68. The number of nitrogens with one attached hydrogen (secondary N) is 1. The van der Waals surface area contributed by atoms with Crippen LogP contribution in [0.2, 0.25) is 0 Å². The second-order valence-electron chi connectivity index (χ2n) is 7.71. The maximum Gasteiger partial charge on any atom is 0.407 e. The first-order valence-corrected chi connectivity index (χ1v) is 8.52.